The zero-order chi connectivity index (χ0) is 18.4. The van der Waals surface area contributed by atoms with Crippen LogP contribution in [0.15, 0.2) is 18.2 Å². The number of amides is 2. The summed E-state index contributed by atoms with van der Waals surface area (Å²) >= 11 is 0. The van der Waals surface area contributed by atoms with Crippen molar-refractivity contribution in [2.75, 3.05) is 18.9 Å². The molecule has 0 atom stereocenters. The first kappa shape index (κ1) is 19.3. The normalized spacial score (nSPS) is 20.2. The molecule has 0 spiro atoms. The Bertz CT molecular complexity index is 593. The van der Waals surface area contributed by atoms with Gasteiger partial charge >= 0.3 is 0 Å². The molecule has 1 saturated carbocycles. The van der Waals surface area contributed by atoms with Gasteiger partial charge in [0, 0.05) is 25.4 Å². The van der Waals surface area contributed by atoms with Gasteiger partial charge in [0.25, 0.3) is 0 Å². The maximum absolute atomic E-state index is 13.6. The van der Waals surface area contributed by atoms with E-state index in [1.165, 1.54) is 6.07 Å². The largest absolute Gasteiger partial charge is 0.346 e. The first-order valence-corrected chi connectivity index (χ1v) is 8.93. The predicted molar refractivity (Wildman–Crippen MR) is 93.0 cm³/mol. The summed E-state index contributed by atoms with van der Waals surface area (Å²) in [6, 6.07) is 3.48. The van der Waals surface area contributed by atoms with E-state index in [1.54, 1.807) is 4.90 Å². The molecule has 2 amide bonds. The quantitative estimate of drug-likeness (QED) is 0.842. The molecule has 25 heavy (non-hydrogen) atoms. The van der Waals surface area contributed by atoms with Gasteiger partial charge in [0.1, 0.15) is 17.3 Å². The van der Waals surface area contributed by atoms with Crippen LogP contribution in [0, 0.1) is 23.5 Å². The molecule has 0 radical (unpaired) electrons. The Morgan fingerprint density at radius 1 is 1.12 bits per heavy atom. The van der Waals surface area contributed by atoms with Crippen LogP contribution in [0.25, 0.3) is 0 Å². The predicted octanol–water partition coefficient (Wildman–Crippen LogP) is 3.97. The van der Waals surface area contributed by atoms with Crippen molar-refractivity contribution in [2.24, 2.45) is 11.8 Å². The second-order valence-electron chi connectivity index (χ2n) is 6.75. The topological polar surface area (TPSA) is 49.4 Å². The van der Waals surface area contributed by atoms with E-state index in [0.717, 1.165) is 31.5 Å². The van der Waals surface area contributed by atoms with E-state index in [-0.39, 0.29) is 23.7 Å². The second kappa shape index (κ2) is 8.92. The zero-order valence-electron chi connectivity index (χ0n) is 14.9. The van der Waals surface area contributed by atoms with Crippen molar-refractivity contribution in [3.8, 4) is 0 Å². The number of hydrogen-bond donors (Lipinski definition) is 1. The van der Waals surface area contributed by atoms with Crippen LogP contribution in [-0.2, 0) is 9.59 Å². The number of rotatable bonds is 6. The fourth-order valence-corrected chi connectivity index (χ4v) is 3.26. The Morgan fingerprint density at radius 3 is 2.24 bits per heavy atom. The summed E-state index contributed by atoms with van der Waals surface area (Å²) in [5, 5.41) is 2.36. The van der Waals surface area contributed by atoms with E-state index in [2.05, 4.69) is 12.2 Å². The van der Waals surface area contributed by atoms with Crippen molar-refractivity contribution < 1.29 is 18.4 Å². The molecule has 6 heteroatoms. The minimum atomic E-state index is -0.783. The summed E-state index contributed by atoms with van der Waals surface area (Å²) in [6.45, 7) is 2.84. The molecule has 0 aliphatic heterocycles. The molecule has 1 aliphatic carbocycles. The Balaban J connectivity index is 1.87. The third-order valence-electron chi connectivity index (χ3n) is 4.88. The second-order valence-corrected chi connectivity index (χ2v) is 6.75. The van der Waals surface area contributed by atoms with E-state index in [1.807, 2.05) is 7.05 Å². The van der Waals surface area contributed by atoms with E-state index >= 15 is 0 Å². The van der Waals surface area contributed by atoms with Crippen LogP contribution in [0.3, 0.4) is 0 Å². The number of carbonyl (C=O) groups excluding carboxylic acids is 2. The number of nitrogens with one attached hydrogen (secondary N) is 1. The van der Waals surface area contributed by atoms with Gasteiger partial charge in [0.15, 0.2) is 0 Å². The number of anilines is 1. The number of unbranched alkanes of at least 4 members (excludes halogenated alkanes) is 1. The summed E-state index contributed by atoms with van der Waals surface area (Å²) in [4.78, 5) is 26.4. The maximum atomic E-state index is 13.6. The van der Waals surface area contributed by atoms with Gasteiger partial charge in [-0.05, 0) is 44.2 Å². The molecular weight excluding hydrogens is 326 g/mol. The van der Waals surface area contributed by atoms with Crippen molar-refractivity contribution in [1.82, 2.24) is 4.90 Å². The smallest absolute Gasteiger partial charge is 0.227 e. The first-order valence-electron chi connectivity index (χ1n) is 8.93. The van der Waals surface area contributed by atoms with Gasteiger partial charge in [-0.25, -0.2) is 8.78 Å². The SMILES string of the molecule is CCCCN(C)C(=O)C1CCC(C(=O)Nc2c(F)cccc2F)CC1. The molecular formula is C19H26F2N2O2. The van der Waals surface area contributed by atoms with Gasteiger partial charge in [-0.3, -0.25) is 9.59 Å². The third-order valence-corrected chi connectivity index (χ3v) is 4.88. The monoisotopic (exact) mass is 352 g/mol. The number of hydrogen-bond acceptors (Lipinski definition) is 2. The van der Waals surface area contributed by atoms with E-state index in [4.69, 9.17) is 0 Å². The van der Waals surface area contributed by atoms with Crippen LogP contribution in [0.4, 0.5) is 14.5 Å². The van der Waals surface area contributed by atoms with Crippen LogP contribution in [0.1, 0.15) is 45.4 Å². The van der Waals surface area contributed by atoms with Gasteiger partial charge in [-0.15, -0.1) is 0 Å². The van der Waals surface area contributed by atoms with Crippen molar-refractivity contribution in [3.63, 3.8) is 0 Å². The first-order chi connectivity index (χ1) is 11.9. The lowest BCUT2D eigenvalue weighted by Gasteiger charge is -2.30. The Morgan fingerprint density at radius 2 is 1.68 bits per heavy atom. The lowest BCUT2D eigenvalue weighted by Crippen LogP contribution is -2.37. The molecule has 0 aromatic heterocycles. The van der Waals surface area contributed by atoms with Gasteiger partial charge in [0.2, 0.25) is 11.8 Å². The van der Waals surface area contributed by atoms with Crippen molar-refractivity contribution in [3.05, 3.63) is 29.8 Å². The average Bonchev–Trinajstić information content (AvgIpc) is 2.62. The lowest BCUT2D eigenvalue weighted by molar-refractivity contribution is -0.136. The van der Waals surface area contributed by atoms with E-state index in [9.17, 15) is 18.4 Å². The fraction of sp³-hybridized carbons (Fsp3) is 0.579. The zero-order valence-corrected chi connectivity index (χ0v) is 14.9. The molecule has 4 nitrogen and oxygen atoms in total. The summed E-state index contributed by atoms with van der Waals surface area (Å²) < 4.78 is 27.3. The van der Waals surface area contributed by atoms with E-state index < -0.39 is 17.3 Å². The summed E-state index contributed by atoms with van der Waals surface area (Å²) in [7, 11) is 1.82. The third kappa shape index (κ3) is 5.00. The number of benzene rings is 1. The van der Waals surface area contributed by atoms with Gasteiger partial charge in [0.05, 0.1) is 0 Å². The lowest BCUT2D eigenvalue weighted by atomic mass is 9.81. The summed E-state index contributed by atoms with van der Waals surface area (Å²) in [6.07, 6.45) is 4.39. The fourth-order valence-electron chi connectivity index (χ4n) is 3.26. The Hall–Kier alpha value is -1.98. The minimum absolute atomic E-state index is 0.0592. The molecule has 0 saturated heterocycles. The molecule has 1 aromatic carbocycles. The Labute approximate surface area is 147 Å². The molecule has 1 aliphatic rings. The summed E-state index contributed by atoms with van der Waals surface area (Å²) in [5.74, 6) is -2.19. The highest BCUT2D eigenvalue weighted by molar-refractivity contribution is 5.93. The van der Waals surface area contributed by atoms with Crippen LogP contribution in [0.2, 0.25) is 0 Å². The minimum Gasteiger partial charge on any atom is -0.346 e. The number of nitrogens with zero attached hydrogens (tertiary/aromatic N) is 1. The van der Waals surface area contributed by atoms with Crippen LogP contribution in [0.5, 0.6) is 0 Å². The van der Waals surface area contributed by atoms with Gasteiger partial charge in [-0.2, -0.15) is 0 Å². The average molecular weight is 352 g/mol. The number of halogens is 2. The highest BCUT2D eigenvalue weighted by atomic mass is 19.1. The van der Waals surface area contributed by atoms with Gasteiger partial charge < -0.3 is 10.2 Å². The molecule has 138 valence electrons. The highest BCUT2D eigenvalue weighted by Gasteiger charge is 2.31. The standard InChI is InChI=1S/C19H26F2N2O2/c1-3-4-12-23(2)19(25)14-10-8-13(9-11-14)18(24)22-17-15(20)6-5-7-16(17)21/h5-7,13-14H,3-4,8-12H2,1-2H3,(H,22,24). The van der Waals surface area contributed by atoms with Crippen molar-refractivity contribution in [1.29, 1.82) is 0 Å². The Kier molecular flexibility index (Phi) is 6.91. The van der Waals surface area contributed by atoms with Crippen molar-refractivity contribution >= 4 is 17.5 Å². The van der Waals surface area contributed by atoms with Crippen LogP contribution >= 0.6 is 0 Å². The van der Waals surface area contributed by atoms with E-state index in [0.29, 0.717) is 25.7 Å². The number of carbonyl (C=O) groups is 2. The molecule has 0 unspecified atom stereocenters. The molecule has 1 fully saturated rings. The van der Waals surface area contributed by atoms with Crippen molar-refractivity contribution in [2.45, 2.75) is 45.4 Å². The molecule has 2 rings (SSSR count). The highest BCUT2D eigenvalue weighted by Crippen LogP contribution is 2.31. The van der Waals surface area contributed by atoms with Gasteiger partial charge in [-0.1, -0.05) is 19.4 Å². The number of para-hydroxylation sites is 1. The molecule has 0 heterocycles. The maximum Gasteiger partial charge on any atom is 0.227 e. The van der Waals surface area contributed by atoms with Crippen LogP contribution < -0.4 is 5.32 Å². The molecule has 1 N–H and O–H groups in total. The summed E-state index contributed by atoms with van der Waals surface area (Å²) in [5.41, 5.74) is -0.398. The molecule has 1 aromatic rings. The van der Waals surface area contributed by atoms with Crippen LogP contribution in [-0.4, -0.2) is 30.3 Å². The molecule has 0 bridgehead atoms.